The molecule has 0 aromatic heterocycles. The Balaban J connectivity index is 2.24. The van der Waals surface area contributed by atoms with Crippen molar-refractivity contribution in [3.8, 4) is 0 Å². The number of rotatable bonds is 3. The number of benzene rings is 2. The Morgan fingerprint density at radius 2 is 1.67 bits per heavy atom. The molecule has 2 nitrogen and oxygen atoms in total. The molecule has 2 aromatic carbocycles. The molecule has 0 saturated carbocycles. The molecule has 0 amide bonds. The molecular formula is C16H13F3O2. The minimum Gasteiger partial charge on any atom is -0.478 e. The van der Waals surface area contributed by atoms with Crippen LogP contribution in [0.25, 0.3) is 0 Å². The van der Waals surface area contributed by atoms with Crippen molar-refractivity contribution in [3.63, 3.8) is 0 Å². The van der Waals surface area contributed by atoms with Gasteiger partial charge in [0.1, 0.15) is 0 Å². The Kier molecular flexibility index (Phi) is 4.02. The van der Waals surface area contributed by atoms with E-state index in [1.165, 1.54) is 18.2 Å². The standard InChI is InChI=1S/C16H13F3O2/c1-10-6-12(9-13(7-10)15(20)21)8-11-2-4-14(5-3-11)16(17,18)19/h2-7,9H,8H2,1H3,(H,20,21). The number of aromatic carboxylic acids is 1. The van der Waals surface area contributed by atoms with Gasteiger partial charge in [-0.3, -0.25) is 0 Å². The van der Waals surface area contributed by atoms with Crippen LogP contribution in [0.5, 0.6) is 0 Å². The summed E-state index contributed by atoms with van der Waals surface area (Å²) >= 11 is 0. The highest BCUT2D eigenvalue weighted by Gasteiger charge is 2.29. The molecule has 0 bridgehead atoms. The van der Waals surface area contributed by atoms with Gasteiger partial charge in [0.25, 0.3) is 0 Å². The molecule has 0 aliphatic carbocycles. The minimum absolute atomic E-state index is 0.178. The van der Waals surface area contributed by atoms with Gasteiger partial charge >= 0.3 is 12.1 Å². The van der Waals surface area contributed by atoms with E-state index in [4.69, 9.17) is 5.11 Å². The minimum atomic E-state index is -4.35. The van der Waals surface area contributed by atoms with Crippen LogP contribution in [0.15, 0.2) is 42.5 Å². The Morgan fingerprint density at radius 1 is 1.05 bits per heavy atom. The van der Waals surface area contributed by atoms with Crippen molar-refractivity contribution >= 4 is 5.97 Å². The summed E-state index contributed by atoms with van der Waals surface area (Å²) in [5.74, 6) is -1.02. The highest BCUT2D eigenvalue weighted by molar-refractivity contribution is 5.88. The molecule has 21 heavy (non-hydrogen) atoms. The average Bonchev–Trinajstić information content (AvgIpc) is 2.37. The lowest BCUT2D eigenvalue weighted by molar-refractivity contribution is -0.137. The van der Waals surface area contributed by atoms with Crippen molar-refractivity contribution in [1.82, 2.24) is 0 Å². The van der Waals surface area contributed by atoms with Crippen molar-refractivity contribution in [2.45, 2.75) is 19.5 Å². The molecule has 0 radical (unpaired) electrons. The molecule has 2 aromatic rings. The summed E-state index contributed by atoms with van der Waals surface area (Å²) in [7, 11) is 0. The van der Waals surface area contributed by atoms with E-state index in [0.717, 1.165) is 23.3 Å². The molecule has 0 spiro atoms. The summed E-state index contributed by atoms with van der Waals surface area (Å²) in [5, 5.41) is 9.00. The van der Waals surface area contributed by atoms with Crippen molar-refractivity contribution < 1.29 is 23.1 Å². The molecule has 0 aliphatic rings. The van der Waals surface area contributed by atoms with E-state index in [2.05, 4.69) is 0 Å². The van der Waals surface area contributed by atoms with Crippen LogP contribution in [-0.4, -0.2) is 11.1 Å². The van der Waals surface area contributed by atoms with Gasteiger partial charge in [-0.2, -0.15) is 13.2 Å². The van der Waals surface area contributed by atoms with Crippen LogP contribution in [0.3, 0.4) is 0 Å². The van der Waals surface area contributed by atoms with Crippen molar-refractivity contribution in [2.75, 3.05) is 0 Å². The summed E-state index contributed by atoms with van der Waals surface area (Å²) in [6.07, 6.45) is -3.96. The number of halogens is 3. The second kappa shape index (κ2) is 5.60. The Morgan fingerprint density at radius 3 is 2.19 bits per heavy atom. The fraction of sp³-hybridized carbons (Fsp3) is 0.188. The smallest absolute Gasteiger partial charge is 0.416 e. The number of carbonyl (C=O) groups is 1. The molecule has 0 fully saturated rings. The molecule has 0 atom stereocenters. The summed E-state index contributed by atoms with van der Waals surface area (Å²) in [6.45, 7) is 1.78. The van der Waals surface area contributed by atoms with Crippen LogP contribution >= 0.6 is 0 Å². The number of carboxylic acid groups (broad SMARTS) is 1. The van der Waals surface area contributed by atoms with Crippen LogP contribution < -0.4 is 0 Å². The number of hydrogen-bond acceptors (Lipinski definition) is 1. The maximum absolute atomic E-state index is 12.5. The Labute approximate surface area is 119 Å². The zero-order valence-corrected chi connectivity index (χ0v) is 11.2. The van der Waals surface area contributed by atoms with Gasteiger partial charge in [0, 0.05) is 0 Å². The maximum atomic E-state index is 12.5. The number of alkyl halides is 3. The fourth-order valence-electron chi connectivity index (χ4n) is 2.14. The van der Waals surface area contributed by atoms with Gasteiger partial charge in [-0.25, -0.2) is 4.79 Å². The Bertz CT molecular complexity index is 658. The molecule has 0 unspecified atom stereocenters. The van der Waals surface area contributed by atoms with E-state index in [9.17, 15) is 18.0 Å². The first kappa shape index (κ1) is 15.1. The van der Waals surface area contributed by atoms with Crippen LogP contribution in [0, 0.1) is 6.92 Å². The SMILES string of the molecule is Cc1cc(Cc2ccc(C(F)(F)F)cc2)cc(C(=O)O)c1. The van der Waals surface area contributed by atoms with Crippen molar-refractivity contribution in [3.05, 3.63) is 70.3 Å². The first-order valence-electron chi connectivity index (χ1n) is 6.26. The number of aryl methyl sites for hydroxylation is 1. The van der Waals surface area contributed by atoms with Crippen molar-refractivity contribution in [1.29, 1.82) is 0 Å². The zero-order valence-electron chi connectivity index (χ0n) is 11.2. The average molecular weight is 294 g/mol. The van der Waals surface area contributed by atoms with Gasteiger partial charge in [-0.15, -0.1) is 0 Å². The van der Waals surface area contributed by atoms with E-state index >= 15 is 0 Å². The lowest BCUT2D eigenvalue weighted by atomic mass is 9.99. The third kappa shape index (κ3) is 3.84. The first-order chi connectivity index (χ1) is 9.75. The normalized spacial score (nSPS) is 11.4. The topological polar surface area (TPSA) is 37.3 Å². The third-order valence-corrected chi connectivity index (χ3v) is 3.07. The van der Waals surface area contributed by atoms with Gasteiger partial charge in [0.15, 0.2) is 0 Å². The summed E-state index contributed by atoms with van der Waals surface area (Å²) < 4.78 is 37.4. The molecule has 1 N–H and O–H groups in total. The quantitative estimate of drug-likeness (QED) is 0.916. The van der Waals surface area contributed by atoms with Crippen LogP contribution in [0.4, 0.5) is 13.2 Å². The molecule has 0 aliphatic heterocycles. The van der Waals surface area contributed by atoms with Gasteiger partial charge < -0.3 is 5.11 Å². The molecule has 0 saturated heterocycles. The molecule has 5 heteroatoms. The van der Waals surface area contributed by atoms with Crippen molar-refractivity contribution in [2.24, 2.45) is 0 Å². The van der Waals surface area contributed by atoms with Crippen LogP contribution in [-0.2, 0) is 12.6 Å². The molecule has 0 heterocycles. The third-order valence-electron chi connectivity index (χ3n) is 3.07. The molecular weight excluding hydrogens is 281 g/mol. The van der Waals surface area contributed by atoms with Gasteiger partial charge in [0.05, 0.1) is 11.1 Å². The van der Waals surface area contributed by atoms with E-state index in [0.29, 0.717) is 12.0 Å². The zero-order chi connectivity index (χ0) is 15.6. The number of carboxylic acids is 1. The highest BCUT2D eigenvalue weighted by atomic mass is 19.4. The monoisotopic (exact) mass is 294 g/mol. The highest BCUT2D eigenvalue weighted by Crippen LogP contribution is 2.29. The largest absolute Gasteiger partial charge is 0.478 e. The maximum Gasteiger partial charge on any atom is 0.416 e. The molecule has 110 valence electrons. The Hall–Kier alpha value is -2.30. The van der Waals surface area contributed by atoms with Crippen LogP contribution in [0.2, 0.25) is 0 Å². The van der Waals surface area contributed by atoms with E-state index in [1.807, 2.05) is 6.07 Å². The predicted octanol–water partition coefficient (Wildman–Crippen LogP) is 4.30. The van der Waals surface area contributed by atoms with E-state index in [1.54, 1.807) is 13.0 Å². The summed E-state index contributed by atoms with van der Waals surface area (Å²) in [4.78, 5) is 11.0. The second-order valence-corrected chi connectivity index (χ2v) is 4.88. The fourth-order valence-corrected chi connectivity index (χ4v) is 2.14. The lowest BCUT2D eigenvalue weighted by Gasteiger charge is -2.09. The molecule has 2 rings (SSSR count). The van der Waals surface area contributed by atoms with Gasteiger partial charge in [-0.05, 0) is 54.3 Å². The van der Waals surface area contributed by atoms with Crippen LogP contribution in [0.1, 0.15) is 32.6 Å². The van der Waals surface area contributed by atoms with Gasteiger partial charge in [-0.1, -0.05) is 18.2 Å². The van der Waals surface area contributed by atoms with E-state index in [-0.39, 0.29) is 5.56 Å². The predicted molar refractivity (Wildman–Crippen MR) is 72.4 cm³/mol. The lowest BCUT2D eigenvalue weighted by Crippen LogP contribution is -2.04. The second-order valence-electron chi connectivity index (χ2n) is 4.88. The summed E-state index contributed by atoms with van der Waals surface area (Å²) in [5.41, 5.74) is 1.74. The van der Waals surface area contributed by atoms with Gasteiger partial charge in [0.2, 0.25) is 0 Å². The first-order valence-corrected chi connectivity index (χ1v) is 6.26. The van der Waals surface area contributed by atoms with E-state index < -0.39 is 17.7 Å². The number of hydrogen-bond donors (Lipinski definition) is 1. The summed E-state index contributed by atoms with van der Waals surface area (Å²) in [6, 6.07) is 9.79.